The number of morpholine rings is 2. The molecular weight excluding hydrogens is 899 g/mol. The van der Waals surface area contributed by atoms with E-state index in [0.29, 0.717) is 32.2 Å². The second kappa shape index (κ2) is 31.7. The summed E-state index contributed by atoms with van der Waals surface area (Å²) in [4.78, 5) is 19.5. The van der Waals surface area contributed by atoms with Crippen molar-refractivity contribution in [2.75, 3.05) is 72.2 Å². The fourth-order valence-electron chi connectivity index (χ4n) is 9.73. The first-order valence-corrected chi connectivity index (χ1v) is 26.9. The average Bonchev–Trinajstić information content (AvgIpc) is 4.25. The molecule has 0 bridgehead atoms. The molecule has 3 fully saturated rings. The first-order chi connectivity index (χ1) is 35.2. The molecule has 9 atom stereocenters. The van der Waals surface area contributed by atoms with Crippen LogP contribution in [0.3, 0.4) is 0 Å². The van der Waals surface area contributed by atoms with Gasteiger partial charge in [-0.1, -0.05) is 197 Å². The van der Waals surface area contributed by atoms with Crippen LogP contribution in [0, 0.1) is 0 Å². The highest BCUT2D eigenvalue weighted by Crippen LogP contribution is 2.38. The number of carbonyl (C=O) groups is 1. The van der Waals surface area contributed by atoms with Crippen LogP contribution in [0.1, 0.15) is 130 Å². The normalized spacial score (nSPS) is 19.9. The van der Waals surface area contributed by atoms with Crippen LogP contribution in [0.5, 0.6) is 0 Å². The van der Waals surface area contributed by atoms with Gasteiger partial charge in [0.25, 0.3) is 0 Å². The minimum atomic E-state index is -0.706. The molecule has 1 unspecified atom stereocenters. The number of aliphatic hydroxyl groups excluding tert-OH is 3. The lowest BCUT2D eigenvalue weighted by Gasteiger charge is -2.34. The maximum atomic E-state index is 12.5. The lowest BCUT2D eigenvalue weighted by atomic mass is 9.99. The number of hydrogen-bond donors (Lipinski definition) is 5. The van der Waals surface area contributed by atoms with Gasteiger partial charge in [-0.05, 0) is 48.1 Å². The predicted octanol–water partition coefficient (Wildman–Crippen LogP) is 9.61. The van der Waals surface area contributed by atoms with E-state index in [2.05, 4.69) is 94.6 Å². The van der Waals surface area contributed by atoms with Gasteiger partial charge in [-0.2, -0.15) is 0 Å². The zero-order valence-corrected chi connectivity index (χ0v) is 43.4. The highest BCUT2D eigenvalue weighted by molar-refractivity contribution is 5.76. The van der Waals surface area contributed by atoms with Crippen LogP contribution >= 0.6 is 0 Å². The van der Waals surface area contributed by atoms with E-state index in [4.69, 9.17) is 9.47 Å². The maximum Gasteiger partial charge on any atom is 0.220 e. The number of unbranched alkanes of at least 4 members (excludes halogenated alkanes) is 6. The summed E-state index contributed by atoms with van der Waals surface area (Å²) in [6.45, 7) is 15.4. The monoisotopic (exact) mass is 984 g/mol. The Balaban J connectivity index is 0.000000179. The number of carbonyl (C=O) groups excluding carboxylic acids is 1. The number of nitrogens with zero attached hydrogens (tertiary/aromatic N) is 3. The van der Waals surface area contributed by atoms with Crippen LogP contribution in [0.4, 0.5) is 0 Å². The molecule has 3 aliphatic rings. The Labute approximate surface area is 431 Å². The summed E-state index contributed by atoms with van der Waals surface area (Å²) in [6, 6.07) is 50.7. The van der Waals surface area contributed by atoms with Gasteiger partial charge < -0.3 is 35.4 Å². The van der Waals surface area contributed by atoms with E-state index < -0.39 is 12.2 Å². The fourth-order valence-corrected chi connectivity index (χ4v) is 9.73. The summed E-state index contributed by atoms with van der Waals surface area (Å²) >= 11 is 0. The Morgan fingerprint density at radius 3 is 1.43 bits per heavy atom. The molecule has 3 saturated heterocycles. The van der Waals surface area contributed by atoms with Gasteiger partial charge >= 0.3 is 0 Å². The van der Waals surface area contributed by atoms with E-state index in [9.17, 15) is 20.1 Å². The van der Waals surface area contributed by atoms with Crippen molar-refractivity contribution in [3.8, 4) is 0 Å². The van der Waals surface area contributed by atoms with Crippen molar-refractivity contribution < 1.29 is 29.6 Å². The van der Waals surface area contributed by atoms with Crippen LogP contribution in [0.2, 0.25) is 0 Å². The molecule has 5 N–H and O–H groups in total. The Kier molecular flexibility index (Phi) is 24.9. The SMILES string of the molecule is CCCCCCCCCC(=O)N[C@H](CN1CCOCC1)[C@H](O)c1ccccc1.C[C@@H](c1ccccc1)N1C[C@@H]1[C@H](O)c1ccccc1.C[C@H](N[C@H](CN1CCOCC1)[C@H](O)c1ccccc1)c1ccccc1. The Hall–Kier alpha value is -4.79. The Bertz CT molecular complexity index is 2120. The number of aliphatic hydroxyl groups is 3. The summed E-state index contributed by atoms with van der Waals surface area (Å²) in [6.07, 6.45) is 7.26. The summed E-state index contributed by atoms with van der Waals surface area (Å²) < 4.78 is 10.9. The molecule has 8 rings (SSSR count). The van der Waals surface area contributed by atoms with Crippen LogP contribution in [-0.2, 0) is 14.3 Å². The van der Waals surface area contributed by atoms with Crippen molar-refractivity contribution in [2.45, 2.75) is 121 Å². The molecule has 0 radical (unpaired) electrons. The largest absolute Gasteiger partial charge is 0.387 e. The zero-order valence-electron chi connectivity index (χ0n) is 43.4. The summed E-state index contributed by atoms with van der Waals surface area (Å²) in [5.41, 5.74) is 5.35. The highest BCUT2D eigenvalue weighted by atomic mass is 16.5. The Morgan fingerprint density at radius 2 is 0.944 bits per heavy atom. The first-order valence-electron chi connectivity index (χ1n) is 26.9. The van der Waals surface area contributed by atoms with Crippen molar-refractivity contribution in [1.29, 1.82) is 0 Å². The second-order valence-corrected chi connectivity index (χ2v) is 19.7. The molecule has 0 spiro atoms. The van der Waals surface area contributed by atoms with E-state index in [1.165, 1.54) is 43.2 Å². The standard InChI is InChI=1S/C23H38N2O3.C21H28N2O2.C17H19NO/c1-2-3-4-5-6-7-11-14-22(26)24-21(19-25-15-17-28-18-16-25)23(27)20-12-9-8-10-13-20;1-17(18-8-4-2-5-9-18)22-20(16-23-12-14-25-15-13-23)21(24)19-10-6-3-7-11-19;1-13(14-8-4-2-5-9-14)18-12-16(18)17(19)15-10-6-3-7-11-15/h8-10,12-13,21,23,27H,2-7,11,14-19H2,1H3,(H,24,26);2-11,17,20-22,24H,12-16H2,1H3;2-11,13,16-17,19H,12H2,1H3/t21-,23-;17-,20+,21+;13-,16+,17+,18?/m100/s1. The first kappa shape index (κ1) is 56.5. The number of hydrogen-bond acceptors (Lipinski definition) is 10. The van der Waals surface area contributed by atoms with E-state index in [1.54, 1.807) is 0 Å². The third-order valence-electron chi connectivity index (χ3n) is 14.3. The van der Waals surface area contributed by atoms with Crippen LogP contribution < -0.4 is 10.6 Å². The van der Waals surface area contributed by atoms with Crippen LogP contribution in [-0.4, -0.2) is 126 Å². The van der Waals surface area contributed by atoms with Gasteiger partial charge in [0.2, 0.25) is 5.91 Å². The lowest BCUT2D eigenvalue weighted by molar-refractivity contribution is -0.123. The van der Waals surface area contributed by atoms with Crippen molar-refractivity contribution >= 4 is 5.91 Å². The van der Waals surface area contributed by atoms with E-state index >= 15 is 0 Å². The molecule has 390 valence electrons. The van der Waals surface area contributed by atoms with Gasteiger partial charge in [-0.15, -0.1) is 0 Å². The fraction of sp³-hybridized carbons (Fsp3) is 0.492. The number of amides is 1. The molecule has 1 amide bonds. The number of rotatable bonds is 24. The number of nitrogens with one attached hydrogen (secondary N) is 2. The number of ether oxygens (including phenoxy) is 2. The third kappa shape index (κ3) is 19.2. The molecule has 5 aromatic rings. The molecule has 72 heavy (non-hydrogen) atoms. The average molecular weight is 984 g/mol. The van der Waals surface area contributed by atoms with E-state index in [-0.39, 0.29) is 36.2 Å². The van der Waals surface area contributed by atoms with Crippen molar-refractivity contribution in [1.82, 2.24) is 25.3 Å². The quantitative estimate of drug-likeness (QED) is 0.0301. The van der Waals surface area contributed by atoms with Crippen molar-refractivity contribution in [3.05, 3.63) is 179 Å². The third-order valence-corrected chi connectivity index (χ3v) is 14.3. The molecule has 3 aliphatic heterocycles. The molecule has 3 heterocycles. The molecule has 0 saturated carbocycles. The van der Waals surface area contributed by atoms with Gasteiger partial charge in [0.15, 0.2) is 0 Å². The second-order valence-electron chi connectivity index (χ2n) is 19.7. The minimum Gasteiger partial charge on any atom is -0.387 e. The molecular formula is C61H85N5O6. The Morgan fingerprint density at radius 1 is 0.542 bits per heavy atom. The van der Waals surface area contributed by atoms with Gasteiger partial charge in [0.05, 0.1) is 56.8 Å². The molecule has 5 aromatic carbocycles. The lowest BCUT2D eigenvalue weighted by Crippen LogP contribution is -2.49. The molecule has 11 heteroatoms. The van der Waals surface area contributed by atoms with Crippen molar-refractivity contribution in [3.63, 3.8) is 0 Å². The molecule has 11 nitrogen and oxygen atoms in total. The van der Waals surface area contributed by atoms with E-state index in [0.717, 1.165) is 82.0 Å². The van der Waals surface area contributed by atoms with E-state index in [1.807, 2.05) is 103 Å². The van der Waals surface area contributed by atoms with Crippen LogP contribution in [0.15, 0.2) is 152 Å². The van der Waals surface area contributed by atoms with Crippen molar-refractivity contribution in [2.24, 2.45) is 0 Å². The van der Waals surface area contributed by atoms with Crippen LogP contribution in [0.25, 0.3) is 0 Å². The zero-order chi connectivity index (χ0) is 50.8. The maximum absolute atomic E-state index is 12.5. The molecule has 0 aliphatic carbocycles. The van der Waals surface area contributed by atoms with Gasteiger partial charge in [0.1, 0.15) is 6.10 Å². The smallest absolute Gasteiger partial charge is 0.220 e. The summed E-state index contributed by atoms with van der Waals surface area (Å²) in [7, 11) is 0. The minimum absolute atomic E-state index is 0.0433. The molecule has 0 aromatic heterocycles. The van der Waals surface area contributed by atoms with Gasteiger partial charge in [0, 0.05) is 64.3 Å². The predicted molar refractivity (Wildman–Crippen MR) is 290 cm³/mol. The summed E-state index contributed by atoms with van der Waals surface area (Å²) in [5.74, 6) is 0.0433. The summed E-state index contributed by atoms with van der Waals surface area (Å²) in [5, 5.41) is 39.0. The topological polar surface area (TPSA) is 130 Å². The van der Waals surface area contributed by atoms with Gasteiger partial charge in [-0.3, -0.25) is 19.5 Å². The van der Waals surface area contributed by atoms with Gasteiger partial charge in [-0.25, -0.2) is 0 Å². The highest BCUT2D eigenvalue weighted by Gasteiger charge is 2.43. The number of benzene rings is 5.